The molecule has 1 aromatic rings. The molecule has 0 aromatic heterocycles. The summed E-state index contributed by atoms with van der Waals surface area (Å²) in [5, 5.41) is 0. The maximum atomic E-state index is 4.30. The quantitative estimate of drug-likeness (QED) is 0.434. The standard InChI is InChI=1S/C20H27NS/c1-7-13-21(18(5)19(6)22)17(4)12-11-16(3)20-10-8-9-15(2)14-20/h8-10,14,22H,3-7,11-13H2,1-2H3. The minimum Gasteiger partial charge on any atom is -0.345 e. The summed E-state index contributed by atoms with van der Waals surface area (Å²) in [6.45, 7) is 21.5. The van der Waals surface area contributed by atoms with E-state index in [9.17, 15) is 0 Å². The third kappa shape index (κ3) is 5.27. The van der Waals surface area contributed by atoms with Crippen LogP contribution >= 0.6 is 12.6 Å². The highest BCUT2D eigenvalue weighted by atomic mass is 32.1. The maximum Gasteiger partial charge on any atom is 0.0464 e. The molecule has 0 amide bonds. The third-order valence-corrected chi connectivity index (χ3v) is 3.89. The van der Waals surface area contributed by atoms with Crippen LogP contribution in [0.1, 0.15) is 37.3 Å². The fraction of sp³-hybridized carbons (Fsp3) is 0.300. The average molecular weight is 314 g/mol. The summed E-state index contributed by atoms with van der Waals surface area (Å²) in [7, 11) is 0. The van der Waals surface area contributed by atoms with Gasteiger partial charge in [0.05, 0.1) is 0 Å². The van der Waals surface area contributed by atoms with Gasteiger partial charge in [-0.1, -0.05) is 63.1 Å². The zero-order chi connectivity index (χ0) is 16.7. The topological polar surface area (TPSA) is 3.24 Å². The van der Waals surface area contributed by atoms with Crippen molar-refractivity contribution >= 4 is 18.2 Å². The summed E-state index contributed by atoms with van der Waals surface area (Å²) >= 11 is 4.30. The van der Waals surface area contributed by atoms with Gasteiger partial charge < -0.3 is 4.90 Å². The predicted molar refractivity (Wildman–Crippen MR) is 103 cm³/mol. The van der Waals surface area contributed by atoms with Gasteiger partial charge in [-0.15, -0.1) is 12.6 Å². The molecule has 0 aliphatic heterocycles. The van der Waals surface area contributed by atoms with Crippen LogP contribution in [0.4, 0.5) is 0 Å². The Balaban J connectivity index is 2.68. The molecule has 0 atom stereocenters. The summed E-state index contributed by atoms with van der Waals surface area (Å²) < 4.78 is 0. The van der Waals surface area contributed by atoms with Gasteiger partial charge in [-0.05, 0) is 37.3 Å². The average Bonchev–Trinajstić information content (AvgIpc) is 2.49. The predicted octanol–water partition coefficient (Wildman–Crippen LogP) is 5.97. The van der Waals surface area contributed by atoms with Gasteiger partial charge in [0.25, 0.3) is 0 Å². The Hall–Kier alpha value is -1.67. The molecule has 0 saturated heterocycles. The number of benzene rings is 1. The minimum absolute atomic E-state index is 0.687. The fourth-order valence-electron chi connectivity index (χ4n) is 2.30. The molecule has 1 rings (SSSR count). The lowest BCUT2D eigenvalue weighted by atomic mass is 10.00. The number of thiol groups is 1. The molecule has 0 heterocycles. The second-order valence-corrected chi connectivity index (χ2v) is 6.12. The van der Waals surface area contributed by atoms with E-state index in [1.165, 1.54) is 11.1 Å². The lowest BCUT2D eigenvalue weighted by Crippen LogP contribution is -2.22. The number of hydrogen-bond donors (Lipinski definition) is 1. The first-order valence-electron chi connectivity index (χ1n) is 7.64. The highest BCUT2D eigenvalue weighted by Gasteiger charge is 2.12. The first kappa shape index (κ1) is 18.4. The fourth-order valence-corrected chi connectivity index (χ4v) is 2.42. The van der Waals surface area contributed by atoms with E-state index in [-0.39, 0.29) is 0 Å². The van der Waals surface area contributed by atoms with Crippen LogP contribution < -0.4 is 0 Å². The van der Waals surface area contributed by atoms with Gasteiger partial charge in [0.1, 0.15) is 0 Å². The first-order chi connectivity index (χ1) is 10.4. The molecule has 0 aliphatic carbocycles. The van der Waals surface area contributed by atoms with Gasteiger partial charge in [0, 0.05) is 22.8 Å². The van der Waals surface area contributed by atoms with Crippen LogP contribution in [0.5, 0.6) is 0 Å². The zero-order valence-electron chi connectivity index (χ0n) is 13.9. The highest BCUT2D eigenvalue weighted by Crippen LogP contribution is 2.26. The van der Waals surface area contributed by atoms with Gasteiger partial charge >= 0.3 is 0 Å². The van der Waals surface area contributed by atoms with Crippen LogP contribution in [-0.2, 0) is 0 Å². The summed E-state index contributed by atoms with van der Waals surface area (Å²) in [5.74, 6) is 0. The van der Waals surface area contributed by atoms with Crippen molar-refractivity contribution in [3.8, 4) is 0 Å². The van der Waals surface area contributed by atoms with Crippen molar-refractivity contribution in [1.29, 1.82) is 0 Å². The van der Waals surface area contributed by atoms with Gasteiger partial charge in [0.15, 0.2) is 0 Å². The second-order valence-electron chi connectivity index (χ2n) is 5.58. The van der Waals surface area contributed by atoms with E-state index >= 15 is 0 Å². The lowest BCUT2D eigenvalue weighted by molar-refractivity contribution is 0.424. The Morgan fingerprint density at radius 1 is 1.14 bits per heavy atom. The summed E-state index contributed by atoms with van der Waals surface area (Å²) in [4.78, 5) is 2.80. The summed E-state index contributed by atoms with van der Waals surface area (Å²) in [6.07, 6.45) is 2.76. The van der Waals surface area contributed by atoms with Gasteiger partial charge in [0.2, 0.25) is 0 Å². The van der Waals surface area contributed by atoms with Gasteiger partial charge in [-0.2, -0.15) is 0 Å². The van der Waals surface area contributed by atoms with E-state index in [1.807, 2.05) is 0 Å². The number of hydrogen-bond acceptors (Lipinski definition) is 2. The van der Waals surface area contributed by atoms with E-state index < -0.39 is 0 Å². The number of rotatable bonds is 9. The van der Waals surface area contributed by atoms with Crippen LogP contribution in [0, 0.1) is 6.92 Å². The Morgan fingerprint density at radius 3 is 2.36 bits per heavy atom. The van der Waals surface area contributed by atoms with Crippen LogP contribution in [0.3, 0.4) is 0 Å². The molecule has 1 aromatic carbocycles. The lowest BCUT2D eigenvalue weighted by Gasteiger charge is -2.28. The van der Waals surface area contributed by atoms with E-state index in [4.69, 9.17) is 0 Å². The molecular weight excluding hydrogens is 286 g/mol. The minimum atomic E-state index is 0.687. The Morgan fingerprint density at radius 2 is 1.82 bits per heavy atom. The maximum absolute atomic E-state index is 4.30. The van der Waals surface area contributed by atoms with Crippen molar-refractivity contribution < 1.29 is 0 Å². The van der Waals surface area contributed by atoms with Crippen molar-refractivity contribution in [1.82, 2.24) is 4.90 Å². The van der Waals surface area contributed by atoms with Crippen molar-refractivity contribution in [2.24, 2.45) is 0 Å². The molecule has 0 unspecified atom stereocenters. The Bertz CT molecular complexity index is 583. The van der Waals surface area contributed by atoms with Crippen molar-refractivity contribution in [3.63, 3.8) is 0 Å². The largest absolute Gasteiger partial charge is 0.345 e. The van der Waals surface area contributed by atoms with Crippen molar-refractivity contribution in [2.75, 3.05) is 6.54 Å². The SMILES string of the molecule is C=C(S)C(=C)N(CCC)C(=C)CCC(=C)c1cccc(C)c1. The van der Waals surface area contributed by atoms with E-state index in [0.717, 1.165) is 42.8 Å². The Labute approximate surface area is 141 Å². The van der Waals surface area contributed by atoms with Crippen LogP contribution in [0.15, 0.2) is 66.9 Å². The van der Waals surface area contributed by atoms with E-state index in [2.05, 4.69) is 82.0 Å². The molecule has 22 heavy (non-hydrogen) atoms. The third-order valence-electron chi connectivity index (χ3n) is 3.63. The monoisotopic (exact) mass is 313 g/mol. The number of nitrogens with zero attached hydrogens (tertiary/aromatic N) is 1. The molecule has 0 radical (unpaired) electrons. The number of allylic oxidation sites excluding steroid dienone is 2. The van der Waals surface area contributed by atoms with Crippen LogP contribution in [0.25, 0.3) is 5.57 Å². The molecule has 0 spiro atoms. The molecule has 0 fully saturated rings. The normalized spacial score (nSPS) is 10.1. The van der Waals surface area contributed by atoms with Gasteiger partial charge in [-0.25, -0.2) is 0 Å². The summed E-state index contributed by atoms with van der Waals surface area (Å²) in [5.41, 5.74) is 5.46. The molecular formula is C20H27NS. The van der Waals surface area contributed by atoms with Gasteiger partial charge in [-0.3, -0.25) is 0 Å². The second kappa shape index (κ2) is 8.70. The molecule has 1 nitrogen and oxygen atoms in total. The van der Waals surface area contributed by atoms with Crippen molar-refractivity contribution in [3.05, 3.63) is 78.0 Å². The molecule has 0 N–H and O–H groups in total. The molecule has 118 valence electrons. The molecule has 0 aliphatic rings. The van der Waals surface area contributed by atoms with Crippen LogP contribution in [0.2, 0.25) is 0 Å². The molecule has 0 saturated carbocycles. The smallest absolute Gasteiger partial charge is 0.0464 e. The highest BCUT2D eigenvalue weighted by molar-refractivity contribution is 7.84. The molecule has 0 bridgehead atoms. The molecule has 2 heteroatoms. The first-order valence-corrected chi connectivity index (χ1v) is 8.08. The number of aryl methyl sites for hydroxylation is 1. The Kier molecular flexibility index (Phi) is 7.26. The van der Waals surface area contributed by atoms with E-state index in [1.54, 1.807) is 0 Å². The van der Waals surface area contributed by atoms with E-state index in [0.29, 0.717) is 4.91 Å². The van der Waals surface area contributed by atoms with Crippen molar-refractivity contribution in [2.45, 2.75) is 33.1 Å². The van der Waals surface area contributed by atoms with Crippen LogP contribution in [-0.4, -0.2) is 11.4 Å². The zero-order valence-corrected chi connectivity index (χ0v) is 14.8. The summed E-state index contributed by atoms with van der Waals surface area (Å²) in [6, 6.07) is 8.45.